The highest BCUT2D eigenvalue weighted by Crippen LogP contribution is 2.30. The van der Waals surface area contributed by atoms with E-state index < -0.39 is 6.04 Å². The number of anilines is 1. The number of amides is 3. The molecule has 2 aliphatic rings. The first-order chi connectivity index (χ1) is 13.6. The summed E-state index contributed by atoms with van der Waals surface area (Å²) in [4.78, 5) is 27.2. The molecule has 0 aromatic heterocycles. The third-order valence-electron chi connectivity index (χ3n) is 5.60. The average molecular weight is 381 g/mol. The molecule has 6 heteroatoms. The van der Waals surface area contributed by atoms with E-state index in [2.05, 4.69) is 22.8 Å². The number of nitrogens with one attached hydrogen (secondary N) is 2. The summed E-state index contributed by atoms with van der Waals surface area (Å²) in [6.07, 6.45) is 4.43. The highest BCUT2D eigenvalue weighted by atomic mass is 19.1. The molecule has 5 nitrogen and oxygen atoms in total. The van der Waals surface area contributed by atoms with Gasteiger partial charge in [0.2, 0.25) is 5.91 Å². The van der Waals surface area contributed by atoms with Crippen molar-refractivity contribution < 1.29 is 14.0 Å². The average Bonchev–Trinajstić information content (AvgIpc) is 3.20. The first-order valence-corrected chi connectivity index (χ1v) is 9.83. The normalized spacial score (nSPS) is 21.1. The number of rotatable bonds is 3. The summed E-state index contributed by atoms with van der Waals surface area (Å²) in [7, 11) is 0. The van der Waals surface area contributed by atoms with Gasteiger partial charge in [0.1, 0.15) is 11.9 Å². The van der Waals surface area contributed by atoms with Crippen LogP contribution in [0.3, 0.4) is 0 Å². The van der Waals surface area contributed by atoms with Gasteiger partial charge in [-0.1, -0.05) is 24.3 Å². The lowest BCUT2D eigenvalue weighted by atomic mass is 9.87. The van der Waals surface area contributed by atoms with Gasteiger partial charge in [-0.2, -0.15) is 0 Å². The van der Waals surface area contributed by atoms with Crippen LogP contribution in [0.1, 0.15) is 42.9 Å². The summed E-state index contributed by atoms with van der Waals surface area (Å²) >= 11 is 0. The second-order valence-corrected chi connectivity index (χ2v) is 7.44. The minimum Gasteiger partial charge on any atom is -0.347 e. The molecule has 0 spiro atoms. The van der Waals surface area contributed by atoms with Gasteiger partial charge in [0, 0.05) is 12.2 Å². The van der Waals surface area contributed by atoms with Crippen molar-refractivity contribution in [3.63, 3.8) is 0 Å². The fourth-order valence-electron chi connectivity index (χ4n) is 4.18. The quantitative estimate of drug-likeness (QED) is 0.844. The molecule has 2 unspecified atom stereocenters. The van der Waals surface area contributed by atoms with Crippen molar-refractivity contribution in [1.29, 1.82) is 0 Å². The Morgan fingerprint density at radius 2 is 1.79 bits per heavy atom. The van der Waals surface area contributed by atoms with Crippen LogP contribution in [0.25, 0.3) is 0 Å². The molecule has 28 heavy (non-hydrogen) atoms. The third-order valence-corrected chi connectivity index (χ3v) is 5.60. The number of halogens is 1. The fourth-order valence-corrected chi connectivity index (χ4v) is 4.18. The molecule has 1 heterocycles. The molecule has 0 saturated carbocycles. The largest absolute Gasteiger partial charge is 0.347 e. The Hall–Kier alpha value is -2.89. The maximum atomic E-state index is 13.0. The van der Waals surface area contributed by atoms with Gasteiger partial charge in [-0.3, -0.25) is 4.79 Å². The molecule has 3 amide bonds. The molecule has 2 aromatic carbocycles. The molecule has 0 bridgehead atoms. The molecule has 1 saturated heterocycles. The number of benzene rings is 2. The first-order valence-electron chi connectivity index (χ1n) is 9.83. The van der Waals surface area contributed by atoms with E-state index >= 15 is 0 Å². The van der Waals surface area contributed by atoms with Crippen LogP contribution in [-0.4, -0.2) is 29.4 Å². The van der Waals surface area contributed by atoms with Crippen LogP contribution in [0.2, 0.25) is 0 Å². The van der Waals surface area contributed by atoms with Gasteiger partial charge in [-0.15, -0.1) is 0 Å². The Morgan fingerprint density at radius 1 is 1.00 bits per heavy atom. The van der Waals surface area contributed by atoms with Crippen molar-refractivity contribution in [2.75, 3.05) is 11.9 Å². The minimum atomic E-state index is -0.477. The molecule has 2 N–H and O–H groups in total. The Bertz CT molecular complexity index is 868. The van der Waals surface area contributed by atoms with Crippen LogP contribution < -0.4 is 10.6 Å². The number of hydrogen-bond donors (Lipinski definition) is 2. The second kappa shape index (κ2) is 8.00. The lowest BCUT2D eigenvalue weighted by molar-refractivity contribution is -0.125. The summed E-state index contributed by atoms with van der Waals surface area (Å²) in [6.45, 7) is 0.534. The van der Waals surface area contributed by atoms with E-state index in [1.165, 1.54) is 35.4 Å². The Kier molecular flexibility index (Phi) is 5.28. The van der Waals surface area contributed by atoms with Crippen LogP contribution in [-0.2, 0) is 11.2 Å². The van der Waals surface area contributed by atoms with Gasteiger partial charge >= 0.3 is 6.03 Å². The van der Waals surface area contributed by atoms with Crippen LogP contribution in [0.5, 0.6) is 0 Å². The number of urea groups is 1. The van der Waals surface area contributed by atoms with E-state index in [0.29, 0.717) is 18.7 Å². The zero-order valence-corrected chi connectivity index (χ0v) is 15.7. The second-order valence-electron chi connectivity index (χ2n) is 7.44. The van der Waals surface area contributed by atoms with Crippen molar-refractivity contribution in [2.24, 2.45) is 0 Å². The van der Waals surface area contributed by atoms with Gasteiger partial charge < -0.3 is 15.5 Å². The Balaban J connectivity index is 1.42. The number of aryl methyl sites for hydroxylation is 1. The van der Waals surface area contributed by atoms with Crippen LogP contribution in [0.4, 0.5) is 14.9 Å². The van der Waals surface area contributed by atoms with Gasteiger partial charge in [0.05, 0.1) is 6.04 Å². The number of carbonyl (C=O) groups is 2. The summed E-state index contributed by atoms with van der Waals surface area (Å²) in [6, 6.07) is 13.0. The third kappa shape index (κ3) is 3.86. The molecule has 2 aromatic rings. The van der Waals surface area contributed by atoms with E-state index in [4.69, 9.17) is 0 Å². The highest BCUT2D eigenvalue weighted by molar-refractivity contribution is 5.94. The first kappa shape index (κ1) is 18.5. The molecule has 146 valence electrons. The zero-order chi connectivity index (χ0) is 19.5. The molecule has 1 aliphatic carbocycles. The van der Waals surface area contributed by atoms with Crippen molar-refractivity contribution in [1.82, 2.24) is 10.2 Å². The maximum absolute atomic E-state index is 13.0. The van der Waals surface area contributed by atoms with Gasteiger partial charge in [-0.05, 0) is 67.5 Å². The number of fused-ring (bicyclic) bond motifs is 1. The van der Waals surface area contributed by atoms with Crippen molar-refractivity contribution in [3.8, 4) is 0 Å². The van der Waals surface area contributed by atoms with Crippen molar-refractivity contribution in [2.45, 2.75) is 44.2 Å². The predicted molar refractivity (Wildman–Crippen MR) is 105 cm³/mol. The van der Waals surface area contributed by atoms with Crippen LogP contribution in [0, 0.1) is 5.82 Å². The Labute approximate surface area is 163 Å². The number of likely N-dealkylation sites (tertiary alicyclic amines) is 1. The SMILES string of the molecule is O=C(NC1CCCc2ccccc21)C1CCCN1C(=O)Nc1ccc(F)cc1. The van der Waals surface area contributed by atoms with E-state index in [9.17, 15) is 14.0 Å². The summed E-state index contributed by atoms with van der Waals surface area (Å²) < 4.78 is 13.0. The van der Waals surface area contributed by atoms with Crippen LogP contribution in [0.15, 0.2) is 48.5 Å². The van der Waals surface area contributed by atoms with Crippen LogP contribution >= 0.6 is 0 Å². The number of hydrogen-bond acceptors (Lipinski definition) is 2. The summed E-state index contributed by atoms with van der Waals surface area (Å²) in [5.74, 6) is -0.461. The molecule has 1 aliphatic heterocycles. The fraction of sp³-hybridized carbons (Fsp3) is 0.364. The predicted octanol–water partition coefficient (Wildman–Crippen LogP) is 4.02. The summed E-state index contributed by atoms with van der Waals surface area (Å²) in [5, 5.41) is 5.92. The van der Waals surface area contributed by atoms with E-state index in [-0.39, 0.29) is 23.8 Å². The Morgan fingerprint density at radius 3 is 2.61 bits per heavy atom. The van der Waals surface area contributed by atoms with Crippen molar-refractivity contribution >= 4 is 17.6 Å². The van der Waals surface area contributed by atoms with Crippen molar-refractivity contribution in [3.05, 3.63) is 65.5 Å². The lowest BCUT2D eigenvalue weighted by Gasteiger charge is -2.30. The number of carbonyl (C=O) groups excluding carboxylic acids is 2. The van der Waals surface area contributed by atoms with E-state index in [1.54, 1.807) is 4.90 Å². The van der Waals surface area contributed by atoms with Gasteiger partial charge in [-0.25, -0.2) is 9.18 Å². The zero-order valence-electron chi connectivity index (χ0n) is 15.7. The van der Waals surface area contributed by atoms with E-state index in [1.807, 2.05) is 12.1 Å². The van der Waals surface area contributed by atoms with Gasteiger partial charge in [0.15, 0.2) is 0 Å². The summed E-state index contributed by atoms with van der Waals surface area (Å²) in [5.41, 5.74) is 2.98. The lowest BCUT2D eigenvalue weighted by Crippen LogP contribution is -2.48. The minimum absolute atomic E-state index is 0.0000553. The molecule has 0 radical (unpaired) electrons. The molecular formula is C22H24FN3O2. The monoisotopic (exact) mass is 381 g/mol. The molecule has 1 fully saturated rings. The van der Waals surface area contributed by atoms with Gasteiger partial charge in [0.25, 0.3) is 0 Å². The highest BCUT2D eigenvalue weighted by Gasteiger charge is 2.35. The smallest absolute Gasteiger partial charge is 0.322 e. The standard InChI is InChI=1S/C22H24FN3O2/c23-16-10-12-17(13-11-16)24-22(28)26-14-4-9-20(26)21(27)25-19-8-3-6-15-5-1-2-7-18(15)19/h1-2,5,7,10-13,19-20H,3-4,6,8-9,14H2,(H,24,28)(H,25,27). The molecular weight excluding hydrogens is 357 g/mol. The molecule has 4 rings (SSSR count). The maximum Gasteiger partial charge on any atom is 0.322 e. The topological polar surface area (TPSA) is 61.4 Å². The van der Waals surface area contributed by atoms with E-state index in [0.717, 1.165) is 25.7 Å². The molecule has 2 atom stereocenters. The number of nitrogens with zero attached hydrogens (tertiary/aromatic N) is 1.